The summed E-state index contributed by atoms with van der Waals surface area (Å²) in [6.45, 7) is 7.45. The van der Waals surface area contributed by atoms with Crippen LogP contribution in [-0.2, 0) is 28.5 Å². The van der Waals surface area contributed by atoms with Crippen LogP contribution < -0.4 is 4.90 Å². The lowest BCUT2D eigenvalue weighted by molar-refractivity contribution is 0.122. The SMILES string of the molecule is CC1=CCc2cccc(-c3nc(N4CCOCC4)c4oc5ncc(CN6CCS(=O)CC6)cc5c4n3)c21. The average molecular weight is 516 g/mol. The molecule has 190 valence electrons. The Morgan fingerprint density at radius 1 is 1.08 bits per heavy atom. The lowest BCUT2D eigenvalue weighted by atomic mass is 9.99. The highest BCUT2D eigenvalue weighted by Gasteiger charge is 2.25. The standard InChI is InChI=1S/C28H29N5O3S/c1-18-5-6-20-3-2-4-21(23(18)20)26-30-24-22-15-19(17-32-9-13-37(34)14-10-32)16-29-28(22)36-25(24)27(31-26)33-7-11-35-12-8-33/h2-5,15-16H,6-14,17H2,1H3. The van der Waals surface area contributed by atoms with Crippen molar-refractivity contribution >= 4 is 44.4 Å². The number of fused-ring (bicyclic) bond motifs is 4. The monoisotopic (exact) mass is 515 g/mol. The summed E-state index contributed by atoms with van der Waals surface area (Å²) in [6.07, 6.45) is 5.10. The fraction of sp³-hybridized carbons (Fsp3) is 0.393. The number of morpholine rings is 1. The van der Waals surface area contributed by atoms with Gasteiger partial charge in [0, 0.05) is 66.8 Å². The highest BCUT2D eigenvalue weighted by atomic mass is 32.2. The highest BCUT2D eigenvalue weighted by molar-refractivity contribution is 7.85. The summed E-state index contributed by atoms with van der Waals surface area (Å²) in [5.41, 5.74) is 8.04. The third-order valence-corrected chi connectivity index (χ3v) is 8.89. The second kappa shape index (κ2) is 9.31. The molecule has 3 aliphatic rings. The van der Waals surface area contributed by atoms with E-state index in [0.717, 1.165) is 78.5 Å². The largest absolute Gasteiger partial charge is 0.432 e. The fourth-order valence-corrected chi connectivity index (χ4v) is 6.76. The lowest BCUT2D eigenvalue weighted by Gasteiger charge is -2.28. The van der Waals surface area contributed by atoms with Crippen LogP contribution in [0.1, 0.15) is 23.6 Å². The predicted octanol–water partition coefficient (Wildman–Crippen LogP) is 3.80. The molecule has 0 amide bonds. The zero-order valence-electron chi connectivity index (χ0n) is 20.9. The second-order valence-corrected chi connectivity index (χ2v) is 11.7. The van der Waals surface area contributed by atoms with Gasteiger partial charge in [-0.15, -0.1) is 0 Å². The fourth-order valence-electron chi connectivity index (χ4n) is 5.63. The first-order valence-corrected chi connectivity index (χ1v) is 14.4. The van der Waals surface area contributed by atoms with Crippen molar-refractivity contribution < 1.29 is 13.4 Å². The molecule has 0 spiro atoms. The van der Waals surface area contributed by atoms with Gasteiger partial charge in [-0.3, -0.25) is 9.11 Å². The molecule has 1 aliphatic carbocycles. The van der Waals surface area contributed by atoms with Gasteiger partial charge in [-0.05, 0) is 41.7 Å². The summed E-state index contributed by atoms with van der Waals surface area (Å²) in [6, 6.07) is 8.56. The molecule has 0 N–H and O–H groups in total. The van der Waals surface area contributed by atoms with Crippen LogP contribution in [0.3, 0.4) is 0 Å². The minimum Gasteiger partial charge on any atom is -0.432 e. The van der Waals surface area contributed by atoms with Crippen molar-refractivity contribution in [2.45, 2.75) is 19.9 Å². The maximum absolute atomic E-state index is 11.8. The molecule has 37 heavy (non-hydrogen) atoms. The van der Waals surface area contributed by atoms with E-state index in [0.29, 0.717) is 30.3 Å². The summed E-state index contributed by atoms with van der Waals surface area (Å²) >= 11 is 0. The molecular formula is C28H29N5O3S. The van der Waals surface area contributed by atoms with Crippen molar-refractivity contribution in [2.24, 2.45) is 0 Å². The van der Waals surface area contributed by atoms with Gasteiger partial charge in [0.2, 0.25) is 5.71 Å². The summed E-state index contributed by atoms with van der Waals surface area (Å²) in [5, 5.41) is 0.908. The minimum atomic E-state index is -0.689. The van der Waals surface area contributed by atoms with Gasteiger partial charge in [-0.25, -0.2) is 15.0 Å². The van der Waals surface area contributed by atoms with Gasteiger partial charge < -0.3 is 14.1 Å². The van der Waals surface area contributed by atoms with E-state index in [-0.39, 0.29) is 0 Å². The first kappa shape index (κ1) is 23.0. The third-order valence-electron chi connectivity index (χ3n) is 7.61. The molecular weight excluding hydrogens is 486 g/mol. The average Bonchev–Trinajstić information content (AvgIpc) is 3.50. The van der Waals surface area contributed by atoms with Crippen LogP contribution in [-0.4, -0.2) is 75.0 Å². The summed E-state index contributed by atoms with van der Waals surface area (Å²) in [5.74, 6) is 2.99. The molecule has 2 aliphatic heterocycles. The molecule has 0 radical (unpaired) electrons. The quantitative estimate of drug-likeness (QED) is 0.406. The Balaban J connectivity index is 1.38. The van der Waals surface area contributed by atoms with Crippen molar-refractivity contribution in [3.8, 4) is 11.4 Å². The normalized spacial score (nSPS) is 19.1. The molecule has 0 atom stereocenters. The molecule has 2 saturated heterocycles. The number of hydrogen-bond donors (Lipinski definition) is 0. The smallest absolute Gasteiger partial charge is 0.229 e. The van der Waals surface area contributed by atoms with Gasteiger partial charge in [-0.2, -0.15) is 0 Å². The van der Waals surface area contributed by atoms with Gasteiger partial charge in [0.1, 0.15) is 5.52 Å². The Hall–Kier alpha value is -3.14. The number of anilines is 1. The maximum Gasteiger partial charge on any atom is 0.229 e. The third kappa shape index (κ3) is 4.15. The molecule has 2 fully saturated rings. The van der Waals surface area contributed by atoms with Crippen LogP contribution in [0.4, 0.5) is 5.82 Å². The summed E-state index contributed by atoms with van der Waals surface area (Å²) in [7, 11) is -0.689. The van der Waals surface area contributed by atoms with Crippen LogP contribution in [0, 0.1) is 0 Å². The Bertz CT molecular complexity index is 1560. The molecule has 0 bridgehead atoms. The first-order valence-electron chi connectivity index (χ1n) is 12.9. The molecule has 3 aromatic heterocycles. The summed E-state index contributed by atoms with van der Waals surface area (Å²) in [4.78, 5) is 19.5. The zero-order chi connectivity index (χ0) is 24.9. The number of hydrogen-bond acceptors (Lipinski definition) is 8. The lowest BCUT2D eigenvalue weighted by Crippen LogP contribution is -2.37. The number of benzene rings is 1. The minimum absolute atomic E-state index is 0.578. The van der Waals surface area contributed by atoms with Crippen molar-refractivity contribution in [2.75, 3.05) is 55.8 Å². The van der Waals surface area contributed by atoms with E-state index in [4.69, 9.17) is 19.1 Å². The zero-order valence-corrected chi connectivity index (χ0v) is 21.7. The van der Waals surface area contributed by atoms with Gasteiger partial charge in [0.25, 0.3) is 0 Å². The van der Waals surface area contributed by atoms with Crippen LogP contribution in [0.5, 0.6) is 0 Å². The summed E-state index contributed by atoms with van der Waals surface area (Å²) < 4.78 is 23.7. The number of ether oxygens (including phenoxy) is 1. The number of nitrogens with zero attached hydrogens (tertiary/aromatic N) is 5. The van der Waals surface area contributed by atoms with E-state index >= 15 is 0 Å². The number of rotatable bonds is 4. The molecule has 9 heteroatoms. The Morgan fingerprint density at radius 3 is 2.76 bits per heavy atom. The van der Waals surface area contributed by atoms with E-state index in [9.17, 15) is 4.21 Å². The maximum atomic E-state index is 11.8. The van der Waals surface area contributed by atoms with Crippen LogP contribution in [0.15, 0.2) is 41.0 Å². The Labute approximate surface area is 217 Å². The first-order chi connectivity index (χ1) is 18.1. The van der Waals surface area contributed by atoms with Gasteiger partial charge in [-0.1, -0.05) is 24.3 Å². The topological polar surface area (TPSA) is 84.6 Å². The van der Waals surface area contributed by atoms with Crippen molar-refractivity contribution in [3.05, 3.63) is 53.2 Å². The molecule has 4 aromatic rings. The van der Waals surface area contributed by atoms with Crippen molar-refractivity contribution in [1.29, 1.82) is 0 Å². The predicted molar refractivity (Wildman–Crippen MR) is 146 cm³/mol. The number of aromatic nitrogens is 3. The molecule has 8 nitrogen and oxygen atoms in total. The molecule has 0 saturated carbocycles. The van der Waals surface area contributed by atoms with Crippen LogP contribution >= 0.6 is 0 Å². The highest BCUT2D eigenvalue weighted by Crippen LogP contribution is 2.39. The Morgan fingerprint density at radius 2 is 1.92 bits per heavy atom. The van der Waals surface area contributed by atoms with Crippen LogP contribution in [0.2, 0.25) is 0 Å². The molecule has 0 unspecified atom stereocenters. The van der Waals surface area contributed by atoms with E-state index in [1.165, 1.54) is 16.7 Å². The number of allylic oxidation sites excluding steroid dienone is 2. The van der Waals surface area contributed by atoms with Gasteiger partial charge in [0.05, 0.1) is 18.6 Å². The van der Waals surface area contributed by atoms with Crippen LogP contribution in [0.25, 0.3) is 39.2 Å². The number of pyridine rings is 1. The van der Waals surface area contributed by atoms with Gasteiger partial charge >= 0.3 is 0 Å². The van der Waals surface area contributed by atoms with E-state index in [1.807, 2.05) is 6.20 Å². The van der Waals surface area contributed by atoms with E-state index in [2.05, 4.69) is 52.0 Å². The number of furan rings is 1. The molecule has 7 rings (SSSR count). The van der Waals surface area contributed by atoms with Crippen molar-refractivity contribution in [1.82, 2.24) is 19.9 Å². The van der Waals surface area contributed by atoms with Gasteiger partial charge in [0.15, 0.2) is 17.2 Å². The van der Waals surface area contributed by atoms with Crippen molar-refractivity contribution in [3.63, 3.8) is 0 Å². The second-order valence-electron chi connectivity index (χ2n) is 10.0. The van der Waals surface area contributed by atoms with E-state index < -0.39 is 10.8 Å². The Kier molecular flexibility index (Phi) is 5.79. The van der Waals surface area contributed by atoms with E-state index in [1.54, 1.807) is 0 Å². The molecule has 1 aromatic carbocycles. The molecule has 5 heterocycles.